The number of ether oxygens (including phenoxy) is 1. The second-order valence-corrected chi connectivity index (χ2v) is 7.39. The number of nitrogens with zero attached hydrogens (tertiary/aromatic N) is 3. The van der Waals surface area contributed by atoms with Crippen molar-refractivity contribution in [3.05, 3.63) is 45.2 Å². The average molecular weight is 359 g/mol. The van der Waals surface area contributed by atoms with E-state index in [9.17, 15) is 4.79 Å². The zero-order valence-corrected chi connectivity index (χ0v) is 15.9. The van der Waals surface area contributed by atoms with Crippen LogP contribution in [0.1, 0.15) is 27.9 Å². The molecular weight excluding hydrogens is 334 g/mol. The minimum Gasteiger partial charge on any atom is -0.379 e. The molecule has 1 aromatic heterocycles. The first-order valence-corrected chi connectivity index (χ1v) is 9.49. The lowest BCUT2D eigenvalue weighted by molar-refractivity contribution is 0.0362. The zero-order chi connectivity index (χ0) is 17.8. The smallest absolute Gasteiger partial charge is 0.190 e. The minimum absolute atomic E-state index is 0.105. The number of benzene rings is 1. The molecule has 3 rings (SSSR count). The van der Waals surface area contributed by atoms with Crippen LogP contribution in [-0.4, -0.2) is 48.1 Å². The molecule has 0 saturated carbocycles. The molecule has 0 aliphatic carbocycles. The molecule has 1 fully saturated rings. The first-order valence-electron chi connectivity index (χ1n) is 8.67. The van der Waals surface area contributed by atoms with Gasteiger partial charge in [0.1, 0.15) is 0 Å². The quantitative estimate of drug-likeness (QED) is 0.771. The molecule has 0 atom stereocenters. The number of hydrogen-bond acceptors (Lipinski definition) is 5. The first-order chi connectivity index (χ1) is 12.0. The highest BCUT2D eigenvalue weighted by Gasteiger charge is 2.15. The molecule has 1 aromatic carbocycles. The van der Waals surface area contributed by atoms with E-state index in [0.717, 1.165) is 60.5 Å². The molecule has 1 aliphatic heterocycles. The third kappa shape index (κ3) is 4.45. The Labute approximate surface area is 152 Å². The van der Waals surface area contributed by atoms with Crippen LogP contribution in [0.5, 0.6) is 0 Å². The van der Waals surface area contributed by atoms with E-state index in [1.54, 1.807) is 6.92 Å². The largest absolute Gasteiger partial charge is 0.379 e. The van der Waals surface area contributed by atoms with E-state index in [2.05, 4.69) is 28.5 Å². The standard InChI is InChI=1S/C19H25N3O2S/c1-14-5-4-6-17(13-14)20-19-22(15(2)18(25-19)16(3)23)8-7-21-9-11-24-12-10-21/h4-6,13H,7-12H2,1-3H3. The molecule has 0 bridgehead atoms. The fourth-order valence-electron chi connectivity index (χ4n) is 3.03. The lowest BCUT2D eigenvalue weighted by atomic mass is 10.2. The second-order valence-electron chi connectivity index (χ2n) is 6.41. The Hall–Kier alpha value is -1.76. The molecule has 2 aromatic rings. The number of carbonyl (C=O) groups is 1. The Balaban J connectivity index is 1.93. The maximum atomic E-state index is 12.0. The van der Waals surface area contributed by atoms with Gasteiger partial charge in [0.2, 0.25) is 0 Å². The van der Waals surface area contributed by atoms with Crippen molar-refractivity contribution in [2.24, 2.45) is 4.99 Å². The van der Waals surface area contributed by atoms with Gasteiger partial charge in [0.15, 0.2) is 10.6 Å². The highest BCUT2D eigenvalue weighted by molar-refractivity contribution is 7.11. The highest BCUT2D eigenvalue weighted by atomic mass is 32.1. The maximum Gasteiger partial charge on any atom is 0.190 e. The van der Waals surface area contributed by atoms with Crippen molar-refractivity contribution in [3.63, 3.8) is 0 Å². The third-order valence-corrected chi connectivity index (χ3v) is 5.73. The highest BCUT2D eigenvalue weighted by Crippen LogP contribution is 2.17. The van der Waals surface area contributed by atoms with Gasteiger partial charge in [-0.2, -0.15) is 0 Å². The van der Waals surface area contributed by atoms with Crippen molar-refractivity contribution in [1.82, 2.24) is 9.47 Å². The summed E-state index contributed by atoms with van der Waals surface area (Å²) < 4.78 is 7.60. The maximum absolute atomic E-state index is 12.0. The van der Waals surface area contributed by atoms with Gasteiger partial charge in [-0.05, 0) is 31.5 Å². The van der Waals surface area contributed by atoms with Gasteiger partial charge in [-0.15, -0.1) is 0 Å². The van der Waals surface area contributed by atoms with Gasteiger partial charge in [-0.1, -0.05) is 23.5 Å². The Morgan fingerprint density at radius 2 is 2.00 bits per heavy atom. The van der Waals surface area contributed by atoms with Gasteiger partial charge in [0.25, 0.3) is 0 Å². The zero-order valence-electron chi connectivity index (χ0n) is 15.1. The number of aryl methyl sites for hydroxylation is 1. The molecule has 5 nitrogen and oxygen atoms in total. The minimum atomic E-state index is 0.105. The molecule has 0 radical (unpaired) electrons. The Morgan fingerprint density at radius 1 is 1.24 bits per heavy atom. The summed E-state index contributed by atoms with van der Waals surface area (Å²) in [5.74, 6) is 0.105. The van der Waals surface area contributed by atoms with E-state index in [1.165, 1.54) is 16.9 Å². The average Bonchev–Trinajstić information content (AvgIpc) is 2.90. The third-order valence-electron chi connectivity index (χ3n) is 4.45. The first kappa shape index (κ1) is 18.0. The van der Waals surface area contributed by atoms with Gasteiger partial charge < -0.3 is 9.30 Å². The van der Waals surface area contributed by atoms with Crippen LogP contribution in [-0.2, 0) is 11.3 Å². The lowest BCUT2D eigenvalue weighted by Crippen LogP contribution is -2.39. The number of carbonyl (C=O) groups excluding carboxylic acids is 1. The van der Waals surface area contributed by atoms with E-state index in [-0.39, 0.29) is 5.78 Å². The monoisotopic (exact) mass is 359 g/mol. The second kappa shape index (κ2) is 8.08. The summed E-state index contributed by atoms with van der Waals surface area (Å²) in [5.41, 5.74) is 3.12. The number of thiazole rings is 1. The summed E-state index contributed by atoms with van der Waals surface area (Å²) in [4.78, 5) is 20.9. The van der Waals surface area contributed by atoms with Crippen LogP contribution in [0.15, 0.2) is 29.3 Å². The van der Waals surface area contributed by atoms with Gasteiger partial charge >= 0.3 is 0 Å². The Morgan fingerprint density at radius 3 is 2.68 bits per heavy atom. The van der Waals surface area contributed by atoms with Crippen molar-refractivity contribution < 1.29 is 9.53 Å². The van der Waals surface area contributed by atoms with Gasteiger partial charge in [-0.25, -0.2) is 4.99 Å². The van der Waals surface area contributed by atoms with Gasteiger partial charge in [-0.3, -0.25) is 9.69 Å². The molecule has 1 aliphatic rings. The Kier molecular flexibility index (Phi) is 5.83. The SMILES string of the molecule is CC(=O)c1sc(=Nc2cccc(C)c2)n(CCN2CCOCC2)c1C. The molecule has 25 heavy (non-hydrogen) atoms. The van der Waals surface area contributed by atoms with E-state index < -0.39 is 0 Å². The van der Waals surface area contributed by atoms with Crippen LogP contribution in [0.4, 0.5) is 5.69 Å². The summed E-state index contributed by atoms with van der Waals surface area (Å²) in [6.07, 6.45) is 0. The molecule has 0 N–H and O–H groups in total. The summed E-state index contributed by atoms with van der Waals surface area (Å²) in [6.45, 7) is 11.0. The summed E-state index contributed by atoms with van der Waals surface area (Å²) in [6, 6.07) is 8.14. The number of hydrogen-bond donors (Lipinski definition) is 0. The fraction of sp³-hybridized carbons (Fsp3) is 0.474. The van der Waals surface area contributed by atoms with Crippen LogP contribution in [0.25, 0.3) is 0 Å². The number of ketones is 1. The van der Waals surface area contributed by atoms with Gasteiger partial charge in [0.05, 0.1) is 23.8 Å². The number of rotatable bonds is 5. The summed E-state index contributed by atoms with van der Waals surface area (Å²) in [5, 5.41) is 0. The predicted octanol–water partition coefficient (Wildman–Crippen LogP) is 2.93. The molecule has 134 valence electrons. The van der Waals surface area contributed by atoms with Crippen LogP contribution in [0.3, 0.4) is 0 Å². The van der Waals surface area contributed by atoms with Crippen molar-refractivity contribution in [2.45, 2.75) is 27.3 Å². The van der Waals surface area contributed by atoms with E-state index >= 15 is 0 Å². The molecule has 1 saturated heterocycles. The fourth-order valence-corrected chi connectivity index (χ4v) is 4.11. The number of aromatic nitrogens is 1. The van der Waals surface area contributed by atoms with Crippen molar-refractivity contribution in [3.8, 4) is 0 Å². The molecule has 0 amide bonds. The lowest BCUT2D eigenvalue weighted by Gasteiger charge is -2.26. The molecule has 2 heterocycles. The summed E-state index contributed by atoms with van der Waals surface area (Å²) >= 11 is 1.49. The molecule has 0 spiro atoms. The van der Waals surface area contributed by atoms with E-state index in [0.29, 0.717) is 0 Å². The molecule has 0 unspecified atom stereocenters. The predicted molar refractivity (Wildman–Crippen MR) is 101 cm³/mol. The van der Waals surface area contributed by atoms with Crippen LogP contribution < -0.4 is 4.80 Å². The number of morpholine rings is 1. The molecular formula is C19H25N3O2S. The van der Waals surface area contributed by atoms with Crippen molar-refractivity contribution in [2.75, 3.05) is 32.8 Å². The molecule has 6 heteroatoms. The van der Waals surface area contributed by atoms with Crippen LogP contribution >= 0.6 is 11.3 Å². The van der Waals surface area contributed by atoms with Crippen molar-refractivity contribution >= 4 is 22.8 Å². The van der Waals surface area contributed by atoms with Gasteiger partial charge in [0, 0.05) is 38.8 Å². The van der Waals surface area contributed by atoms with Crippen LogP contribution in [0.2, 0.25) is 0 Å². The topological polar surface area (TPSA) is 46.8 Å². The normalized spacial score (nSPS) is 16.4. The number of Topliss-reactive ketones (excluding diaryl/α,β-unsaturated/α-hetero) is 1. The summed E-state index contributed by atoms with van der Waals surface area (Å²) in [7, 11) is 0. The van der Waals surface area contributed by atoms with Crippen molar-refractivity contribution in [1.29, 1.82) is 0 Å². The Bertz CT molecular complexity index is 816. The van der Waals surface area contributed by atoms with E-state index in [1.807, 2.05) is 19.1 Å². The van der Waals surface area contributed by atoms with Crippen LogP contribution in [0, 0.1) is 13.8 Å². The van der Waals surface area contributed by atoms with E-state index in [4.69, 9.17) is 9.73 Å².